The Morgan fingerprint density at radius 1 is 1.45 bits per heavy atom. The molecule has 0 aromatic carbocycles. The maximum absolute atomic E-state index is 10.4. The topological polar surface area (TPSA) is 37.3 Å². The predicted molar refractivity (Wildman–Crippen MR) is 45.3 cm³/mol. The first-order chi connectivity index (χ1) is 5.09. The van der Waals surface area contributed by atoms with Crippen molar-refractivity contribution < 1.29 is 9.90 Å². The molecule has 60 valence electrons. The van der Waals surface area contributed by atoms with Crippen molar-refractivity contribution in [2.75, 3.05) is 0 Å². The molecule has 2 heteroatoms. The molecule has 0 rings (SSSR count). The lowest BCUT2D eigenvalue weighted by Crippen LogP contribution is -1.97. The van der Waals surface area contributed by atoms with E-state index in [2.05, 4.69) is 6.58 Å². The maximum atomic E-state index is 10.4. The van der Waals surface area contributed by atoms with E-state index >= 15 is 0 Å². The molecule has 0 unspecified atom stereocenters. The van der Waals surface area contributed by atoms with E-state index < -0.39 is 5.97 Å². The van der Waals surface area contributed by atoms with Crippen molar-refractivity contribution in [3.63, 3.8) is 0 Å². The first-order valence-electron chi connectivity index (χ1n) is 3.29. The molecule has 0 aromatic heterocycles. The van der Waals surface area contributed by atoms with Gasteiger partial charge in [0.1, 0.15) is 0 Å². The summed E-state index contributed by atoms with van der Waals surface area (Å²) >= 11 is 0. The summed E-state index contributed by atoms with van der Waals surface area (Å²) in [5.41, 5.74) is 1.11. The van der Waals surface area contributed by atoms with Crippen LogP contribution in [0.4, 0.5) is 0 Å². The van der Waals surface area contributed by atoms with Crippen LogP contribution in [-0.2, 0) is 4.79 Å². The van der Waals surface area contributed by atoms with Gasteiger partial charge < -0.3 is 5.11 Å². The van der Waals surface area contributed by atoms with Crippen molar-refractivity contribution in [1.29, 1.82) is 0 Å². The lowest BCUT2D eigenvalue weighted by Gasteiger charge is -1.95. The molecule has 0 heterocycles. The van der Waals surface area contributed by atoms with Crippen molar-refractivity contribution in [3.8, 4) is 0 Å². The Morgan fingerprint density at radius 2 is 2.00 bits per heavy atom. The van der Waals surface area contributed by atoms with Gasteiger partial charge in [-0.3, -0.25) is 0 Å². The number of hydrogen-bond acceptors (Lipinski definition) is 1. The molecule has 0 aliphatic rings. The number of carbonyl (C=O) groups is 1. The summed E-state index contributed by atoms with van der Waals surface area (Å²) in [4.78, 5) is 10.4. The van der Waals surface area contributed by atoms with Gasteiger partial charge in [-0.25, -0.2) is 4.79 Å². The molecule has 0 atom stereocenters. The average molecular weight is 152 g/mol. The molecule has 0 saturated heterocycles. The number of carboxylic acid groups (broad SMARTS) is 1. The maximum Gasteiger partial charge on any atom is 0.331 e. The van der Waals surface area contributed by atoms with E-state index in [4.69, 9.17) is 5.11 Å². The zero-order chi connectivity index (χ0) is 8.85. The van der Waals surface area contributed by atoms with E-state index in [0.29, 0.717) is 5.57 Å². The van der Waals surface area contributed by atoms with Gasteiger partial charge in [0.2, 0.25) is 0 Å². The molecule has 2 nitrogen and oxygen atoms in total. The molecular weight excluding hydrogens is 140 g/mol. The minimum atomic E-state index is -0.879. The number of carboxylic acids is 1. The molecule has 0 amide bonds. The van der Waals surface area contributed by atoms with Crippen molar-refractivity contribution in [2.45, 2.75) is 13.8 Å². The van der Waals surface area contributed by atoms with E-state index in [1.165, 1.54) is 0 Å². The zero-order valence-corrected chi connectivity index (χ0v) is 6.79. The Morgan fingerprint density at radius 3 is 2.36 bits per heavy atom. The van der Waals surface area contributed by atoms with Crippen LogP contribution in [0.5, 0.6) is 0 Å². The lowest BCUT2D eigenvalue weighted by molar-refractivity contribution is -0.132. The third-order valence-corrected chi connectivity index (χ3v) is 1.39. The Labute approximate surface area is 66.5 Å². The molecule has 0 radical (unpaired) electrons. The van der Waals surface area contributed by atoms with Crippen LogP contribution in [0.1, 0.15) is 13.8 Å². The molecule has 0 saturated carbocycles. The highest BCUT2D eigenvalue weighted by Crippen LogP contribution is 2.04. The van der Waals surface area contributed by atoms with Crippen LogP contribution >= 0.6 is 0 Å². The van der Waals surface area contributed by atoms with Crippen LogP contribution in [0.15, 0.2) is 36.0 Å². The Hall–Kier alpha value is -1.31. The second-order valence-corrected chi connectivity index (χ2v) is 2.21. The van der Waals surface area contributed by atoms with E-state index in [0.717, 1.165) is 5.57 Å². The molecule has 0 aliphatic carbocycles. The predicted octanol–water partition coefficient (Wildman–Crippen LogP) is 2.15. The first kappa shape index (κ1) is 9.69. The summed E-state index contributed by atoms with van der Waals surface area (Å²) in [6.07, 6.45) is 5.04. The fourth-order valence-electron chi connectivity index (χ4n) is 0.506. The quantitative estimate of drug-likeness (QED) is 0.497. The van der Waals surface area contributed by atoms with Gasteiger partial charge in [-0.2, -0.15) is 0 Å². The van der Waals surface area contributed by atoms with Crippen molar-refractivity contribution in [2.24, 2.45) is 0 Å². The lowest BCUT2D eigenvalue weighted by atomic mass is 10.1. The SMILES string of the molecule is C=CC=CC(C)=C(C)C(=O)O. The number of allylic oxidation sites excluding steroid dienone is 4. The Balaban J connectivity index is 4.52. The van der Waals surface area contributed by atoms with Crippen LogP contribution in [0, 0.1) is 0 Å². The zero-order valence-electron chi connectivity index (χ0n) is 6.79. The van der Waals surface area contributed by atoms with Crippen molar-refractivity contribution in [1.82, 2.24) is 0 Å². The Kier molecular flexibility index (Phi) is 3.96. The van der Waals surface area contributed by atoms with Crippen LogP contribution in [0.2, 0.25) is 0 Å². The third kappa shape index (κ3) is 3.40. The summed E-state index contributed by atoms with van der Waals surface area (Å²) < 4.78 is 0. The van der Waals surface area contributed by atoms with Gasteiger partial charge in [0.15, 0.2) is 0 Å². The van der Waals surface area contributed by atoms with E-state index in [-0.39, 0.29) is 0 Å². The minimum Gasteiger partial charge on any atom is -0.478 e. The van der Waals surface area contributed by atoms with Gasteiger partial charge in [0.25, 0.3) is 0 Å². The van der Waals surface area contributed by atoms with E-state index in [9.17, 15) is 4.79 Å². The molecule has 0 spiro atoms. The summed E-state index contributed by atoms with van der Waals surface area (Å²) in [5, 5.41) is 8.53. The van der Waals surface area contributed by atoms with Gasteiger partial charge in [-0.05, 0) is 19.4 Å². The van der Waals surface area contributed by atoms with Crippen LogP contribution in [0.3, 0.4) is 0 Å². The van der Waals surface area contributed by atoms with Gasteiger partial charge in [0, 0.05) is 5.57 Å². The van der Waals surface area contributed by atoms with Crippen LogP contribution in [0.25, 0.3) is 0 Å². The molecule has 0 fully saturated rings. The fraction of sp³-hybridized carbons (Fsp3) is 0.222. The second-order valence-electron chi connectivity index (χ2n) is 2.21. The summed E-state index contributed by atoms with van der Waals surface area (Å²) in [7, 11) is 0. The Bertz CT molecular complexity index is 222. The van der Waals surface area contributed by atoms with Gasteiger partial charge in [0.05, 0.1) is 0 Å². The fourth-order valence-corrected chi connectivity index (χ4v) is 0.506. The highest BCUT2D eigenvalue weighted by molar-refractivity contribution is 5.87. The smallest absolute Gasteiger partial charge is 0.331 e. The van der Waals surface area contributed by atoms with E-state index in [1.807, 2.05) is 0 Å². The molecular formula is C9H12O2. The molecule has 0 aliphatic heterocycles. The van der Waals surface area contributed by atoms with E-state index in [1.54, 1.807) is 32.1 Å². The monoisotopic (exact) mass is 152 g/mol. The van der Waals surface area contributed by atoms with Gasteiger partial charge >= 0.3 is 5.97 Å². The summed E-state index contributed by atoms with van der Waals surface area (Å²) in [6, 6.07) is 0. The van der Waals surface area contributed by atoms with Gasteiger partial charge in [-0.15, -0.1) is 0 Å². The molecule has 0 bridgehead atoms. The van der Waals surface area contributed by atoms with Crippen LogP contribution in [-0.4, -0.2) is 11.1 Å². The molecule has 0 aromatic rings. The summed E-state index contributed by atoms with van der Waals surface area (Å²) in [6.45, 7) is 6.81. The second kappa shape index (κ2) is 4.50. The summed E-state index contributed by atoms with van der Waals surface area (Å²) in [5.74, 6) is -0.879. The number of aliphatic carboxylic acids is 1. The van der Waals surface area contributed by atoms with Crippen molar-refractivity contribution >= 4 is 5.97 Å². The van der Waals surface area contributed by atoms with Gasteiger partial charge in [-0.1, -0.05) is 24.8 Å². The van der Waals surface area contributed by atoms with Crippen LogP contribution < -0.4 is 0 Å². The molecule has 11 heavy (non-hydrogen) atoms. The normalized spacial score (nSPS) is 12.9. The highest BCUT2D eigenvalue weighted by atomic mass is 16.4. The highest BCUT2D eigenvalue weighted by Gasteiger charge is 2.01. The number of rotatable bonds is 3. The molecule has 1 N–H and O–H groups in total. The third-order valence-electron chi connectivity index (χ3n) is 1.39. The average Bonchev–Trinajstić information content (AvgIpc) is 1.98. The standard InChI is InChI=1S/C9H12O2/c1-4-5-6-7(2)8(3)9(10)11/h4-6H,1H2,2-3H3,(H,10,11). The largest absolute Gasteiger partial charge is 0.478 e. The number of hydrogen-bond donors (Lipinski definition) is 1. The van der Waals surface area contributed by atoms with Crippen molar-refractivity contribution in [3.05, 3.63) is 36.0 Å². The first-order valence-corrected chi connectivity index (χ1v) is 3.29. The minimum absolute atomic E-state index is 0.364.